The molecule has 1 saturated heterocycles. The van der Waals surface area contributed by atoms with E-state index in [1.807, 2.05) is 32.0 Å². The van der Waals surface area contributed by atoms with E-state index in [0.717, 1.165) is 11.1 Å². The molecule has 1 unspecified atom stereocenters. The molecule has 1 aromatic carbocycles. The van der Waals surface area contributed by atoms with Crippen molar-refractivity contribution in [1.29, 1.82) is 0 Å². The van der Waals surface area contributed by atoms with Gasteiger partial charge in [-0.2, -0.15) is 0 Å². The molecule has 1 amide bonds. The van der Waals surface area contributed by atoms with Crippen LogP contribution in [0.25, 0.3) is 0 Å². The van der Waals surface area contributed by atoms with E-state index in [1.165, 1.54) is 16.7 Å². The van der Waals surface area contributed by atoms with E-state index in [0.29, 0.717) is 17.4 Å². The van der Waals surface area contributed by atoms with Crippen molar-refractivity contribution in [3.63, 3.8) is 0 Å². The monoisotopic (exact) mass is 295 g/mol. The van der Waals surface area contributed by atoms with Gasteiger partial charge >= 0.3 is 5.97 Å². The first-order chi connectivity index (χ1) is 9.49. The quantitative estimate of drug-likeness (QED) is 0.915. The van der Waals surface area contributed by atoms with Crippen LogP contribution in [0.3, 0.4) is 0 Å². The molecule has 0 aromatic heterocycles. The average Bonchev–Trinajstić information content (AvgIpc) is 2.89. The Morgan fingerprint density at radius 1 is 1.40 bits per heavy atom. The standard InChI is InChI=1S/C14H17NO4S/c1-9-3-4-11(5-10(9)2)19-6-13(16)15-8-20-7-12(15)14(17)18/h3-5,12H,6-8H2,1-2H3,(H,17,18). The molecule has 2 rings (SSSR count). The Morgan fingerprint density at radius 3 is 2.80 bits per heavy atom. The van der Waals surface area contributed by atoms with Crippen molar-refractivity contribution in [3.8, 4) is 5.75 Å². The number of ether oxygens (including phenoxy) is 1. The fourth-order valence-electron chi connectivity index (χ4n) is 1.92. The van der Waals surface area contributed by atoms with Crippen molar-refractivity contribution in [3.05, 3.63) is 29.3 Å². The first-order valence-corrected chi connectivity index (χ1v) is 7.44. The molecule has 1 aliphatic heterocycles. The van der Waals surface area contributed by atoms with Gasteiger partial charge in [0, 0.05) is 5.75 Å². The summed E-state index contributed by atoms with van der Waals surface area (Å²) >= 11 is 1.44. The molecule has 1 aliphatic rings. The number of carbonyl (C=O) groups excluding carboxylic acids is 1. The normalized spacial score (nSPS) is 18.1. The van der Waals surface area contributed by atoms with E-state index in [9.17, 15) is 9.59 Å². The second kappa shape index (κ2) is 6.17. The molecule has 108 valence electrons. The largest absolute Gasteiger partial charge is 0.484 e. The molecule has 1 N–H and O–H groups in total. The minimum absolute atomic E-state index is 0.132. The molecule has 0 saturated carbocycles. The van der Waals surface area contributed by atoms with Gasteiger partial charge in [0.05, 0.1) is 5.88 Å². The Kier molecular flexibility index (Phi) is 4.54. The number of amides is 1. The van der Waals surface area contributed by atoms with Gasteiger partial charge in [-0.25, -0.2) is 4.79 Å². The summed E-state index contributed by atoms with van der Waals surface area (Å²) in [4.78, 5) is 24.4. The van der Waals surface area contributed by atoms with Crippen molar-refractivity contribution in [2.75, 3.05) is 18.2 Å². The second-order valence-corrected chi connectivity index (χ2v) is 5.75. The average molecular weight is 295 g/mol. The number of rotatable bonds is 4. The molecular weight excluding hydrogens is 278 g/mol. The summed E-state index contributed by atoms with van der Waals surface area (Å²) in [5.74, 6) is 0.215. The number of carboxylic acid groups (broad SMARTS) is 1. The van der Waals surface area contributed by atoms with Crippen LogP contribution in [0.15, 0.2) is 18.2 Å². The lowest BCUT2D eigenvalue weighted by atomic mass is 10.1. The zero-order valence-electron chi connectivity index (χ0n) is 11.5. The Labute approximate surface area is 121 Å². The topological polar surface area (TPSA) is 66.8 Å². The fraction of sp³-hybridized carbons (Fsp3) is 0.429. The van der Waals surface area contributed by atoms with Gasteiger partial charge in [0.2, 0.25) is 0 Å². The number of nitrogens with zero attached hydrogens (tertiary/aromatic N) is 1. The van der Waals surface area contributed by atoms with Crippen LogP contribution in [-0.2, 0) is 9.59 Å². The molecule has 0 bridgehead atoms. The van der Waals surface area contributed by atoms with Crippen molar-refractivity contribution in [2.24, 2.45) is 0 Å². The van der Waals surface area contributed by atoms with Gasteiger partial charge in [-0.3, -0.25) is 4.79 Å². The van der Waals surface area contributed by atoms with E-state index in [1.54, 1.807) is 0 Å². The third-order valence-electron chi connectivity index (χ3n) is 3.33. The van der Waals surface area contributed by atoms with Crippen molar-refractivity contribution in [2.45, 2.75) is 19.9 Å². The number of carboxylic acids is 1. The Hall–Kier alpha value is -1.69. The van der Waals surface area contributed by atoms with Crippen LogP contribution in [0.5, 0.6) is 5.75 Å². The maximum atomic E-state index is 12.0. The fourth-order valence-corrected chi connectivity index (χ4v) is 3.10. The second-order valence-electron chi connectivity index (χ2n) is 4.75. The molecule has 6 heteroatoms. The van der Waals surface area contributed by atoms with Crippen LogP contribution in [0, 0.1) is 13.8 Å². The van der Waals surface area contributed by atoms with Crippen LogP contribution in [0.2, 0.25) is 0 Å². The number of hydrogen-bond donors (Lipinski definition) is 1. The summed E-state index contributed by atoms with van der Waals surface area (Å²) < 4.78 is 5.45. The Bertz CT molecular complexity index is 532. The third kappa shape index (κ3) is 3.25. The van der Waals surface area contributed by atoms with Crippen LogP contribution >= 0.6 is 11.8 Å². The van der Waals surface area contributed by atoms with Gasteiger partial charge in [-0.15, -0.1) is 11.8 Å². The molecular formula is C14H17NO4S. The summed E-state index contributed by atoms with van der Waals surface area (Å²) in [6.07, 6.45) is 0. The van der Waals surface area contributed by atoms with Crippen molar-refractivity contribution < 1.29 is 19.4 Å². The first-order valence-electron chi connectivity index (χ1n) is 6.29. The number of carbonyl (C=O) groups is 2. The van der Waals surface area contributed by atoms with E-state index < -0.39 is 12.0 Å². The third-order valence-corrected chi connectivity index (χ3v) is 4.34. The summed E-state index contributed by atoms with van der Waals surface area (Å²) in [6, 6.07) is 4.87. The minimum Gasteiger partial charge on any atom is -0.484 e. The van der Waals surface area contributed by atoms with Crippen molar-refractivity contribution in [1.82, 2.24) is 4.90 Å². The lowest BCUT2D eigenvalue weighted by Crippen LogP contribution is -2.43. The highest BCUT2D eigenvalue weighted by molar-refractivity contribution is 7.99. The predicted octanol–water partition coefficient (Wildman–Crippen LogP) is 1.67. The van der Waals surface area contributed by atoms with Gasteiger partial charge in [0.1, 0.15) is 11.8 Å². The Balaban J connectivity index is 1.94. The predicted molar refractivity (Wildman–Crippen MR) is 77.0 cm³/mol. The van der Waals surface area contributed by atoms with Crippen LogP contribution in [-0.4, -0.2) is 46.2 Å². The summed E-state index contributed by atoms with van der Waals surface area (Å²) in [6.45, 7) is 3.84. The van der Waals surface area contributed by atoms with E-state index in [2.05, 4.69) is 0 Å². The number of thioether (sulfide) groups is 1. The smallest absolute Gasteiger partial charge is 0.327 e. The van der Waals surface area contributed by atoms with Gasteiger partial charge in [0.25, 0.3) is 5.91 Å². The molecule has 1 aromatic rings. The zero-order chi connectivity index (χ0) is 14.7. The molecule has 0 radical (unpaired) electrons. The summed E-state index contributed by atoms with van der Waals surface area (Å²) in [7, 11) is 0. The van der Waals surface area contributed by atoms with E-state index in [-0.39, 0.29) is 12.5 Å². The molecule has 20 heavy (non-hydrogen) atoms. The van der Waals surface area contributed by atoms with E-state index in [4.69, 9.17) is 9.84 Å². The number of benzene rings is 1. The number of hydrogen-bond acceptors (Lipinski definition) is 4. The van der Waals surface area contributed by atoms with Gasteiger partial charge in [-0.1, -0.05) is 6.07 Å². The molecule has 0 aliphatic carbocycles. The SMILES string of the molecule is Cc1ccc(OCC(=O)N2CSCC2C(=O)O)cc1C. The summed E-state index contributed by atoms with van der Waals surface area (Å²) in [5.41, 5.74) is 2.25. The van der Waals surface area contributed by atoms with E-state index >= 15 is 0 Å². The maximum Gasteiger partial charge on any atom is 0.327 e. The Morgan fingerprint density at radius 2 is 2.15 bits per heavy atom. The number of aliphatic carboxylic acids is 1. The highest BCUT2D eigenvalue weighted by Crippen LogP contribution is 2.22. The molecule has 0 spiro atoms. The molecule has 1 heterocycles. The van der Waals surface area contributed by atoms with Crippen LogP contribution in [0.1, 0.15) is 11.1 Å². The lowest BCUT2D eigenvalue weighted by Gasteiger charge is -2.20. The number of aryl methyl sites for hydroxylation is 2. The highest BCUT2D eigenvalue weighted by Gasteiger charge is 2.34. The molecule has 1 atom stereocenters. The lowest BCUT2D eigenvalue weighted by molar-refractivity contribution is -0.148. The first kappa shape index (κ1) is 14.7. The molecule has 5 nitrogen and oxygen atoms in total. The summed E-state index contributed by atoms with van der Waals surface area (Å²) in [5, 5.41) is 9.04. The van der Waals surface area contributed by atoms with Gasteiger partial charge in [0.15, 0.2) is 6.61 Å². The minimum atomic E-state index is -0.963. The van der Waals surface area contributed by atoms with Gasteiger partial charge in [-0.05, 0) is 37.1 Å². The van der Waals surface area contributed by atoms with Crippen LogP contribution in [0.4, 0.5) is 0 Å². The zero-order valence-corrected chi connectivity index (χ0v) is 12.3. The highest BCUT2D eigenvalue weighted by atomic mass is 32.2. The maximum absolute atomic E-state index is 12.0. The van der Waals surface area contributed by atoms with Crippen molar-refractivity contribution >= 4 is 23.6 Å². The molecule has 1 fully saturated rings. The van der Waals surface area contributed by atoms with Gasteiger partial charge < -0.3 is 14.7 Å². The van der Waals surface area contributed by atoms with Crippen LogP contribution < -0.4 is 4.74 Å².